The van der Waals surface area contributed by atoms with Crippen LogP contribution in [0.5, 0.6) is 0 Å². The van der Waals surface area contributed by atoms with Crippen molar-refractivity contribution in [3.8, 4) is 0 Å². The highest BCUT2D eigenvalue weighted by molar-refractivity contribution is 5.96. The van der Waals surface area contributed by atoms with Crippen LogP contribution in [0.3, 0.4) is 0 Å². The van der Waals surface area contributed by atoms with Gasteiger partial charge in [0.15, 0.2) is 0 Å². The molecule has 0 saturated heterocycles. The summed E-state index contributed by atoms with van der Waals surface area (Å²) in [7, 11) is 0. The van der Waals surface area contributed by atoms with Crippen molar-refractivity contribution >= 4 is 29.4 Å². The molecule has 2 N–H and O–H groups in total. The van der Waals surface area contributed by atoms with E-state index in [1.165, 1.54) is 18.3 Å². The van der Waals surface area contributed by atoms with E-state index in [1.807, 2.05) is 0 Å². The lowest BCUT2D eigenvalue weighted by molar-refractivity contribution is -0.385. The van der Waals surface area contributed by atoms with Crippen LogP contribution in [0.15, 0.2) is 53.6 Å². The van der Waals surface area contributed by atoms with Crippen LogP contribution in [0, 0.1) is 10.1 Å². The Morgan fingerprint density at radius 2 is 1.84 bits per heavy atom. The number of benzene rings is 2. The van der Waals surface area contributed by atoms with Gasteiger partial charge in [0.1, 0.15) is 0 Å². The molecule has 0 aromatic heterocycles. The Bertz CT molecular complexity index is 816. The van der Waals surface area contributed by atoms with Crippen LogP contribution in [0.25, 0.3) is 0 Å². The fourth-order valence-electron chi connectivity index (χ4n) is 1.94. The predicted octanol–water partition coefficient (Wildman–Crippen LogP) is 2.71. The van der Waals surface area contributed by atoms with E-state index in [0.29, 0.717) is 17.7 Å². The number of amides is 2. The Balaban J connectivity index is 2.01. The number of hydrogen-bond donors (Lipinski definition) is 2. The van der Waals surface area contributed by atoms with Crippen molar-refractivity contribution in [2.45, 2.75) is 13.3 Å². The molecule has 2 amide bonds. The molecule has 0 unspecified atom stereocenters. The number of carbonyl (C=O) groups excluding carboxylic acids is 2. The van der Waals surface area contributed by atoms with Gasteiger partial charge in [0, 0.05) is 23.7 Å². The van der Waals surface area contributed by atoms with E-state index < -0.39 is 10.8 Å². The number of nitrogens with zero attached hydrogens (tertiary/aromatic N) is 2. The molecule has 0 atom stereocenters. The first-order valence-corrected chi connectivity index (χ1v) is 7.48. The topological polar surface area (TPSA) is 114 Å². The molecule has 8 nitrogen and oxygen atoms in total. The number of rotatable bonds is 6. The minimum atomic E-state index is -0.521. The van der Waals surface area contributed by atoms with E-state index >= 15 is 0 Å². The molecular weight excluding hydrogens is 324 g/mol. The van der Waals surface area contributed by atoms with E-state index in [-0.39, 0.29) is 17.2 Å². The standard InChI is InChI=1S/C17H16N4O4/c1-2-16(22)19-14-9-7-12(8-10-14)17(23)20-18-11-13-5-3-4-6-15(13)21(24)25/h3-11H,2H2,1H3,(H,19,22)(H,20,23)/b18-11-. The molecule has 25 heavy (non-hydrogen) atoms. The lowest BCUT2D eigenvalue weighted by Crippen LogP contribution is -2.17. The molecule has 8 heteroatoms. The number of nitrogens with one attached hydrogen (secondary N) is 2. The number of nitro benzene ring substituents is 1. The summed E-state index contributed by atoms with van der Waals surface area (Å²) in [4.78, 5) is 33.7. The molecule has 0 radical (unpaired) electrons. The molecule has 2 aromatic carbocycles. The largest absolute Gasteiger partial charge is 0.326 e. The first-order chi connectivity index (χ1) is 12.0. The quantitative estimate of drug-likeness (QED) is 0.478. The summed E-state index contributed by atoms with van der Waals surface area (Å²) in [5, 5.41) is 17.3. The second-order valence-electron chi connectivity index (χ2n) is 4.99. The van der Waals surface area contributed by atoms with E-state index in [1.54, 1.807) is 43.3 Å². The van der Waals surface area contributed by atoms with Gasteiger partial charge in [-0.15, -0.1) is 0 Å². The first kappa shape index (κ1) is 17.8. The molecule has 0 saturated carbocycles. The molecule has 0 aliphatic rings. The normalized spacial score (nSPS) is 10.4. The third-order valence-electron chi connectivity index (χ3n) is 3.26. The minimum absolute atomic E-state index is 0.100. The zero-order chi connectivity index (χ0) is 18.2. The third kappa shape index (κ3) is 4.96. The summed E-state index contributed by atoms with van der Waals surface area (Å²) < 4.78 is 0. The highest BCUT2D eigenvalue weighted by atomic mass is 16.6. The summed E-state index contributed by atoms with van der Waals surface area (Å²) in [6.07, 6.45) is 1.58. The van der Waals surface area contributed by atoms with Crippen LogP contribution in [0.1, 0.15) is 29.3 Å². The molecule has 128 valence electrons. The maximum Gasteiger partial charge on any atom is 0.278 e. The summed E-state index contributed by atoms with van der Waals surface area (Å²) >= 11 is 0. The Labute approximate surface area is 143 Å². The summed E-state index contributed by atoms with van der Waals surface area (Å²) in [6, 6.07) is 12.4. The van der Waals surface area contributed by atoms with Gasteiger partial charge in [-0.1, -0.05) is 19.1 Å². The Kier molecular flexibility index (Phi) is 5.94. The van der Waals surface area contributed by atoms with Crippen molar-refractivity contribution in [2.75, 3.05) is 5.32 Å². The summed E-state index contributed by atoms with van der Waals surface area (Å²) in [6.45, 7) is 1.74. The van der Waals surface area contributed by atoms with Crippen molar-refractivity contribution in [1.29, 1.82) is 0 Å². The lowest BCUT2D eigenvalue weighted by atomic mass is 10.2. The second-order valence-corrected chi connectivity index (χ2v) is 4.99. The minimum Gasteiger partial charge on any atom is -0.326 e. The fraction of sp³-hybridized carbons (Fsp3) is 0.118. The van der Waals surface area contributed by atoms with Gasteiger partial charge in [-0.2, -0.15) is 5.10 Å². The molecular formula is C17H16N4O4. The predicted molar refractivity (Wildman–Crippen MR) is 93.5 cm³/mol. The van der Waals surface area contributed by atoms with Crippen LogP contribution >= 0.6 is 0 Å². The van der Waals surface area contributed by atoms with Gasteiger partial charge < -0.3 is 5.32 Å². The number of anilines is 1. The molecule has 0 aliphatic carbocycles. The second kappa shape index (κ2) is 8.34. The van der Waals surface area contributed by atoms with Crippen LogP contribution in [0.4, 0.5) is 11.4 Å². The van der Waals surface area contributed by atoms with E-state index in [4.69, 9.17) is 0 Å². The lowest BCUT2D eigenvalue weighted by Gasteiger charge is -2.04. The highest BCUT2D eigenvalue weighted by Gasteiger charge is 2.10. The zero-order valence-electron chi connectivity index (χ0n) is 13.4. The summed E-state index contributed by atoms with van der Waals surface area (Å²) in [5.41, 5.74) is 3.42. The van der Waals surface area contributed by atoms with E-state index in [0.717, 1.165) is 0 Å². The maximum atomic E-state index is 12.0. The van der Waals surface area contributed by atoms with Crippen molar-refractivity contribution in [3.63, 3.8) is 0 Å². The average molecular weight is 340 g/mol. The van der Waals surface area contributed by atoms with Gasteiger partial charge in [0.2, 0.25) is 5.91 Å². The van der Waals surface area contributed by atoms with Gasteiger partial charge in [0.05, 0.1) is 16.7 Å². The number of carbonyl (C=O) groups is 2. The molecule has 0 spiro atoms. The molecule has 0 bridgehead atoms. The van der Waals surface area contributed by atoms with Crippen LogP contribution < -0.4 is 10.7 Å². The Morgan fingerprint density at radius 3 is 2.48 bits per heavy atom. The Morgan fingerprint density at radius 1 is 1.16 bits per heavy atom. The monoisotopic (exact) mass is 340 g/mol. The van der Waals surface area contributed by atoms with Crippen molar-refractivity contribution < 1.29 is 14.5 Å². The number of nitro groups is 1. The smallest absolute Gasteiger partial charge is 0.278 e. The van der Waals surface area contributed by atoms with Gasteiger partial charge in [-0.05, 0) is 30.3 Å². The van der Waals surface area contributed by atoms with Gasteiger partial charge in [-0.25, -0.2) is 5.43 Å². The fourth-order valence-corrected chi connectivity index (χ4v) is 1.94. The van der Waals surface area contributed by atoms with Gasteiger partial charge in [-0.3, -0.25) is 19.7 Å². The van der Waals surface area contributed by atoms with Crippen molar-refractivity contribution in [2.24, 2.45) is 5.10 Å². The zero-order valence-corrected chi connectivity index (χ0v) is 13.4. The van der Waals surface area contributed by atoms with Crippen molar-refractivity contribution in [1.82, 2.24) is 5.43 Å². The maximum absolute atomic E-state index is 12.0. The number of hydrogen-bond acceptors (Lipinski definition) is 5. The number of para-hydroxylation sites is 1. The molecule has 2 rings (SSSR count). The first-order valence-electron chi connectivity index (χ1n) is 7.48. The van der Waals surface area contributed by atoms with Crippen molar-refractivity contribution in [3.05, 3.63) is 69.8 Å². The van der Waals surface area contributed by atoms with E-state index in [9.17, 15) is 19.7 Å². The van der Waals surface area contributed by atoms with Crippen LogP contribution in [0.2, 0.25) is 0 Å². The molecule has 2 aromatic rings. The van der Waals surface area contributed by atoms with E-state index in [2.05, 4.69) is 15.8 Å². The van der Waals surface area contributed by atoms with Crippen LogP contribution in [-0.4, -0.2) is 23.0 Å². The molecule has 0 heterocycles. The Hall–Kier alpha value is -3.55. The highest BCUT2D eigenvalue weighted by Crippen LogP contribution is 2.15. The SMILES string of the molecule is CCC(=O)Nc1ccc(C(=O)N/N=C\c2ccccc2[N+](=O)[O-])cc1. The number of hydrazone groups is 1. The van der Waals surface area contributed by atoms with Gasteiger partial charge in [0.25, 0.3) is 11.6 Å². The summed E-state index contributed by atoms with van der Waals surface area (Å²) in [5.74, 6) is -0.588. The van der Waals surface area contributed by atoms with Gasteiger partial charge >= 0.3 is 0 Å². The third-order valence-corrected chi connectivity index (χ3v) is 3.26. The average Bonchev–Trinajstić information content (AvgIpc) is 2.62. The van der Waals surface area contributed by atoms with Crippen LogP contribution in [-0.2, 0) is 4.79 Å². The molecule has 0 fully saturated rings. The molecule has 0 aliphatic heterocycles.